The topological polar surface area (TPSA) is 48.1 Å². The van der Waals surface area contributed by atoms with E-state index in [0.717, 1.165) is 27.4 Å². The molecule has 0 aliphatic heterocycles. The molecule has 1 aromatic carbocycles. The number of aromatic nitrogens is 1. The van der Waals surface area contributed by atoms with E-state index in [0.29, 0.717) is 11.6 Å². The van der Waals surface area contributed by atoms with E-state index in [4.69, 9.17) is 22.1 Å². The predicted octanol–water partition coefficient (Wildman–Crippen LogP) is 2.46. The largest absolute Gasteiger partial charge is 0.494 e. The number of nitrogens with zero attached hydrogens (tertiary/aromatic N) is 1. The van der Waals surface area contributed by atoms with E-state index in [1.807, 2.05) is 6.07 Å². The number of methoxy groups -OCH3 is 1. The van der Waals surface area contributed by atoms with E-state index in [1.54, 1.807) is 24.5 Å². The SMILES string of the molecule is COc1cc(Cl)cc2sc(CCN)nc12. The maximum atomic E-state index is 5.96. The Labute approximate surface area is 96.8 Å². The first kappa shape index (κ1) is 10.7. The third kappa shape index (κ3) is 2.07. The van der Waals surface area contributed by atoms with Crippen LogP contribution in [0.5, 0.6) is 5.75 Å². The summed E-state index contributed by atoms with van der Waals surface area (Å²) in [7, 11) is 1.62. The van der Waals surface area contributed by atoms with E-state index < -0.39 is 0 Å². The molecule has 3 nitrogen and oxygen atoms in total. The van der Waals surface area contributed by atoms with Crippen LogP contribution in [0.25, 0.3) is 10.2 Å². The maximum absolute atomic E-state index is 5.96. The lowest BCUT2D eigenvalue weighted by molar-refractivity contribution is 0.419. The number of nitrogens with two attached hydrogens (primary N) is 1. The van der Waals surface area contributed by atoms with Crippen LogP contribution in [0.15, 0.2) is 12.1 Å². The van der Waals surface area contributed by atoms with Crippen LogP contribution in [0.1, 0.15) is 5.01 Å². The van der Waals surface area contributed by atoms with E-state index in [1.165, 1.54) is 0 Å². The number of hydrogen-bond donors (Lipinski definition) is 1. The van der Waals surface area contributed by atoms with Crippen molar-refractivity contribution in [2.24, 2.45) is 5.73 Å². The highest BCUT2D eigenvalue weighted by Crippen LogP contribution is 2.33. The highest BCUT2D eigenvalue weighted by Gasteiger charge is 2.09. The van der Waals surface area contributed by atoms with Gasteiger partial charge in [0.2, 0.25) is 0 Å². The molecule has 0 aliphatic carbocycles. The van der Waals surface area contributed by atoms with Gasteiger partial charge in [-0.25, -0.2) is 4.98 Å². The van der Waals surface area contributed by atoms with Gasteiger partial charge in [-0.2, -0.15) is 0 Å². The van der Waals surface area contributed by atoms with E-state index in [2.05, 4.69) is 4.98 Å². The van der Waals surface area contributed by atoms with Gasteiger partial charge in [0.25, 0.3) is 0 Å². The number of ether oxygens (including phenoxy) is 1. The summed E-state index contributed by atoms with van der Waals surface area (Å²) in [4.78, 5) is 4.47. The van der Waals surface area contributed by atoms with Gasteiger partial charge in [-0.3, -0.25) is 0 Å². The van der Waals surface area contributed by atoms with Crippen molar-refractivity contribution in [1.29, 1.82) is 0 Å². The first-order chi connectivity index (χ1) is 7.24. The van der Waals surface area contributed by atoms with Crippen molar-refractivity contribution < 1.29 is 4.74 Å². The molecule has 80 valence electrons. The summed E-state index contributed by atoms with van der Waals surface area (Å²) in [6, 6.07) is 3.67. The van der Waals surface area contributed by atoms with E-state index >= 15 is 0 Å². The van der Waals surface area contributed by atoms with Gasteiger partial charge in [0.05, 0.1) is 16.8 Å². The van der Waals surface area contributed by atoms with Crippen LogP contribution in [-0.4, -0.2) is 18.6 Å². The third-order valence-electron chi connectivity index (χ3n) is 2.05. The van der Waals surface area contributed by atoms with Crippen molar-refractivity contribution in [2.45, 2.75) is 6.42 Å². The van der Waals surface area contributed by atoms with Crippen molar-refractivity contribution in [1.82, 2.24) is 4.98 Å². The van der Waals surface area contributed by atoms with Gasteiger partial charge in [0.15, 0.2) is 0 Å². The molecule has 0 radical (unpaired) electrons. The molecule has 2 aromatic rings. The summed E-state index contributed by atoms with van der Waals surface area (Å²) in [6.07, 6.45) is 0.792. The monoisotopic (exact) mass is 242 g/mol. The minimum atomic E-state index is 0.607. The molecule has 0 saturated carbocycles. The third-order valence-corrected chi connectivity index (χ3v) is 3.33. The molecule has 0 bridgehead atoms. The molecule has 5 heteroatoms. The predicted molar refractivity (Wildman–Crippen MR) is 63.9 cm³/mol. The zero-order chi connectivity index (χ0) is 10.8. The second-order valence-corrected chi connectivity index (χ2v) is 4.65. The van der Waals surface area contributed by atoms with Gasteiger partial charge < -0.3 is 10.5 Å². The fraction of sp³-hybridized carbons (Fsp3) is 0.300. The lowest BCUT2D eigenvalue weighted by Gasteiger charge is -2.00. The molecule has 0 unspecified atom stereocenters. The maximum Gasteiger partial charge on any atom is 0.147 e. The minimum absolute atomic E-state index is 0.607. The van der Waals surface area contributed by atoms with Crippen LogP contribution in [-0.2, 0) is 6.42 Å². The fourth-order valence-corrected chi connectivity index (χ4v) is 2.71. The standard InChI is InChI=1S/C10H11ClN2OS/c1-14-7-4-6(11)5-8-10(7)13-9(15-8)2-3-12/h4-5H,2-3,12H2,1H3. The van der Waals surface area contributed by atoms with Gasteiger partial charge in [-0.05, 0) is 12.6 Å². The molecular weight excluding hydrogens is 232 g/mol. The first-order valence-corrected chi connectivity index (χ1v) is 5.77. The molecule has 1 heterocycles. The summed E-state index contributed by atoms with van der Waals surface area (Å²) in [6.45, 7) is 0.607. The van der Waals surface area contributed by atoms with Crippen LogP contribution < -0.4 is 10.5 Å². The van der Waals surface area contributed by atoms with Gasteiger partial charge in [-0.15, -0.1) is 11.3 Å². The summed E-state index contributed by atoms with van der Waals surface area (Å²) >= 11 is 7.57. The summed E-state index contributed by atoms with van der Waals surface area (Å²) in [5, 5.41) is 1.69. The Kier molecular flexibility index (Phi) is 3.09. The van der Waals surface area contributed by atoms with Crippen LogP contribution >= 0.6 is 22.9 Å². The lowest BCUT2D eigenvalue weighted by Crippen LogP contribution is -2.01. The Morgan fingerprint density at radius 2 is 2.33 bits per heavy atom. The Hall–Kier alpha value is -0.840. The second-order valence-electron chi connectivity index (χ2n) is 3.10. The minimum Gasteiger partial charge on any atom is -0.494 e. The Balaban J connectivity index is 2.58. The molecule has 0 spiro atoms. The highest BCUT2D eigenvalue weighted by atomic mass is 35.5. The van der Waals surface area contributed by atoms with Crippen molar-refractivity contribution in [3.05, 3.63) is 22.2 Å². The molecule has 0 amide bonds. The fourth-order valence-electron chi connectivity index (χ4n) is 1.40. The Morgan fingerprint density at radius 3 is 3.00 bits per heavy atom. The molecular formula is C10H11ClN2OS. The molecule has 0 atom stereocenters. The zero-order valence-electron chi connectivity index (χ0n) is 8.29. The Morgan fingerprint density at radius 1 is 1.53 bits per heavy atom. The second kappa shape index (κ2) is 4.35. The number of fused-ring (bicyclic) bond motifs is 1. The molecule has 0 aliphatic rings. The molecule has 15 heavy (non-hydrogen) atoms. The summed E-state index contributed by atoms with van der Waals surface area (Å²) in [5.41, 5.74) is 6.36. The molecule has 0 fully saturated rings. The zero-order valence-corrected chi connectivity index (χ0v) is 9.86. The van der Waals surface area contributed by atoms with Gasteiger partial charge in [0, 0.05) is 17.5 Å². The number of rotatable bonds is 3. The van der Waals surface area contributed by atoms with Crippen molar-refractivity contribution in [3.8, 4) is 5.75 Å². The number of hydrogen-bond acceptors (Lipinski definition) is 4. The van der Waals surface area contributed by atoms with Crippen molar-refractivity contribution in [2.75, 3.05) is 13.7 Å². The van der Waals surface area contributed by atoms with Crippen LogP contribution in [0.4, 0.5) is 0 Å². The summed E-state index contributed by atoms with van der Waals surface area (Å²) < 4.78 is 6.27. The number of benzene rings is 1. The van der Waals surface area contributed by atoms with Crippen LogP contribution in [0.2, 0.25) is 5.02 Å². The van der Waals surface area contributed by atoms with Crippen LogP contribution in [0, 0.1) is 0 Å². The van der Waals surface area contributed by atoms with Gasteiger partial charge >= 0.3 is 0 Å². The van der Waals surface area contributed by atoms with Crippen LogP contribution in [0.3, 0.4) is 0 Å². The highest BCUT2D eigenvalue weighted by molar-refractivity contribution is 7.18. The quantitative estimate of drug-likeness (QED) is 0.900. The number of halogens is 1. The number of thiazole rings is 1. The normalized spacial score (nSPS) is 10.9. The molecule has 2 N–H and O–H groups in total. The lowest BCUT2D eigenvalue weighted by atomic mass is 10.3. The Bertz CT molecular complexity index is 483. The average Bonchev–Trinajstić information content (AvgIpc) is 2.59. The smallest absolute Gasteiger partial charge is 0.147 e. The van der Waals surface area contributed by atoms with E-state index in [-0.39, 0.29) is 0 Å². The summed E-state index contributed by atoms with van der Waals surface area (Å²) in [5.74, 6) is 0.719. The van der Waals surface area contributed by atoms with Gasteiger partial charge in [-0.1, -0.05) is 11.6 Å². The van der Waals surface area contributed by atoms with Gasteiger partial charge in [0.1, 0.15) is 11.3 Å². The first-order valence-electron chi connectivity index (χ1n) is 4.57. The van der Waals surface area contributed by atoms with Crippen molar-refractivity contribution >= 4 is 33.2 Å². The average molecular weight is 243 g/mol. The molecule has 2 rings (SSSR count). The molecule has 1 aromatic heterocycles. The van der Waals surface area contributed by atoms with Crippen molar-refractivity contribution in [3.63, 3.8) is 0 Å². The van der Waals surface area contributed by atoms with E-state index in [9.17, 15) is 0 Å². The molecule has 0 saturated heterocycles.